The van der Waals surface area contributed by atoms with Crippen LogP contribution in [-0.4, -0.2) is 21.1 Å². The summed E-state index contributed by atoms with van der Waals surface area (Å²) in [5, 5.41) is 25.1. The van der Waals surface area contributed by atoms with Gasteiger partial charge in [-0.1, -0.05) is 24.8 Å². The average molecular weight is 401 g/mol. The normalized spacial score (nSPS) is 11.1. The Morgan fingerprint density at radius 1 is 1.40 bits per heavy atom. The van der Waals surface area contributed by atoms with Gasteiger partial charge in [-0.2, -0.15) is 10.2 Å². The van der Waals surface area contributed by atoms with Crippen LogP contribution in [0.3, 0.4) is 0 Å². The molecule has 1 radical (unpaired) electrons. The zero-order valence-electron chi connectivity index (χ0n) is 13.5. The van der Waals surface area contributed by atoms with Gasteiger partial charge in [-0.15, -0.1) is 5.10 Å². The van der Waals surface area contributed by atoms with Crippen LogP contribution in [0.5, 0.6) is 5.75 Å². The van der Waals surface area contributed by atoms with Crippen molar-refractivity contribution in [3.05, 3.63) is 45.6 Å². The summed E-state index contributed by atoms with van der Waals surface area (Å²) in [6.45, 7) is 3.79. The van der Waals surface area contributed by atoms with Crippen LogP contribution in [0.15, 0.2) is 37.7 Å². The Kier molecular flexibility index (Phi) is 5.93. The summed E-state index contributed by atoms with van der Waals surface area (Å²) in [7, 11) is 0. The molecule has 0 aliphatic heterocycles. The molecule has 0 atom stereocenters. The molecule has 2 heterocycles. The molecule has 0 aliphatic carbocycles. The fourth-order valence-corrected chi connectivity index (χ4v) is 2.61. The van der Waals surface area contributed by atoms with E-state index in [1.54, 1.807) is 13.0 Å². The number of hydrogen-bond acceptors (Lipinski definition) is 7. The fraction of sp³-hybridized carbons (Fsp3) is 0.250. The minimum atomic E-state index is -0.514. The summed E-state index contributed by atoms with van der Waals surface area (Å²) in [6.07, 6.45) is 2.86. The molecule has 0 unspecified atom stereocenters. The van der Waals surface area contributed by atoms with Crippen LogP contribution in [0.2, 0.25) is 0 Å². The van der Waals surface area contributed by atoms with Crippen LogP contribution in [0, 0.1) is 6.92 Å². The second kappa shape index (κ2) is 7.77. The van der Waals surface area contributed by atoms with E-state index in [2.05, 4.69) is 15.3 Å². The molecule has 131 valence electrons. The zero-order valence-corrected chi connectivity index (χ0v) is 15.3. The molecule has 0 aliphatic rings. The molecule has 1 aromatic carbocycles. The van der Waals surface area contributed by atoms with Gasteiger partial charge in [0.15, 0.2) is 5.82 Å². The van der Waals surface area contributed by atoms with Crippen molar-refractivity contribution >= 4 is 29.8 Å². The number of benzene rings is 1. The maximum absolute atomic E-state index is 12.2. The van der Waals surface area contributed by atoms with Crippen molar-refractivity contribution in [2.45, 2.75) is 31.8 Å². The van der Waals surface area contributed by atoms with Crippen LogP contribution < -0.4 is 10.7 Å². The first-order chi connectivity index (χ1) is 11.5. The van der Waals surface area contributed by atoms with E-state index in [0.717, 1.165) is 12.0 Å². The van der Waals surface area contributed by atoms with Crippen LogP contribution in [-0.2, 0) is 35.8 Å². The van der Waals surface area contributed by atoms with E-state index < -0.39 is 5.63 Å². The Labute approximate surface area is 159 Å². The van der Waals surface area contributed by atoms with Crippen molar-refractivity contribution in [2.24, 2.45) is 5.10 Å². The third-order valence-corrected chi connectivity index (χ3v) is 3.83. The molecule has 25 heavy (non-hydrogen) atoms. The third-order valence-electron chi connectivity index (χ3n) is 3.57. The van der Waals surface area contributed by atoms with Crippen molar-refractivity contribution in [3.8, 4) is 5.75 Å². The van der Waals surface area contributed by atoms with E-state index in [1.165, 1.54) is 23.0 Å². The second-order valence-electron chi connectivity index (χ2n) is 5.31. The van der Waals surface area contributed by atoms with Crippen molar-refractivity contribution in [2.75, 3.05) is 0 Å². The summed E-state index contributed by atoms with van der Waals surface area (Å²) in [6, 6.07) is 4.44. The van der Waals surface area contributed by atoms with Crippen molar-refractivity contribution < 1.29 is 26.3 Å². The first kappa shape index (κ1) is 19.1. The number of aryl methyl sites for hydroxylation is 2. The minimum absolute atomic E-state index is 0. The van der Waals surface area contributed by atoms with Crippen LogP contribution in [0.25, 0.3) is 11.0 Å². The van der Waals surface area contributed by atoms with Gasteiger partial charge in [0.1, 0.15) is 5.58 Å². The first-order valence-electron chi connectivity index (χ1n) is 7.41. The molecule has 0 saturated carbocycles. The van der Waals surface area contributed by atoms with Gasteiger partial charge in [0.25, 0.3) is 0 Å². The second-order valence-corrected chi connectivity index (χ2v) is 5.67. The topological polar surface area (TPSA) is 96.3 Å². The Morgan fingerprint density at radius 3 is 2.88 bits per heavy atom. The molecule has 0 fully saturated rings. The largest absolute Gasteiger partial charge is 2.00 e. The van der Waals surface area contributed by atoms with Crippen LogP contribution in [0.4, 0.5) is 0 Å². The number of aromatic nitrogens is 3. The van der Waals surface area contributed by atoms with Gasteiger partial charge >= 0.3 is 22.4 Å². The van der Waals surface area contributed by atoms with Gasteiger partial charge in [-0.05, 0) is 18.9 Å². The Morgan fingerprint density at radius 2 is 2.16 bits per heavy atom. The van der Waals surface area contributed by atoms with Crippen LogP contribution in [0.1, 0.15) is 30.3 Å². The smallest absolute Gasteiger partial charge is 0.872 e. The molecule has 0 bridgehead atoms. The summed E-state index contributed by atoms with van der Waals surface area (Å²) in [4.78, 5) is 11.6. The van der Waals surface area contributed by atoms with Gasteiger partial charge in [0.05, 0.1) is 6.21 Å². The molecule has 0 spiro atoms. The van der Waals surface area contributed by atoms with E-state index in [0.29, 0.717) is 17.6 Å². The van der Waals surface area contributed by atoms with Crippen molar-refractivity contribution in [3.63, 3.8) is 0 Å². The molecule has 0 saturated heterocycles. The van der Waals surface area contributed by atoms with E-state index in [-0.39, 0.29) is 38.8 Å². The molecule has 3 aromatic rings. The number of fused-ring (bicyclic) bond motifs is 1. The van der Waals surface area contributed by atoms with Crippen molar-refractivity contribution in [1.29, 1.82) is 0 Å². The van der Waals surface area contributed by atoms with E-state index in [4.69, 9.17) is 17.0 Å². The molecule has 0 amide bonds. The average Bonchev–Trinajstić information content (AvgIpc) is 2.87. The Hall–Kier alpha value is -2.23. The van der Waals surface area contributed by atoms with Gasteiger partial charge in [-0.3, -0.25) is 0 Å². The van der Waals surface area contributed by atoms with Crippen molar-refractivity contribution in [1.82, 2.24) is 14.9 Å². The minimum Gasteiger partial charge on any atom is -0.872 e. The molecule has 3 rings (SSSR count). The van der Waals surface area contributed by atoms with Gasteiger partial charge in [0.2, 0.25) is 0 Å². The molecule has 7 nitrogen and oxygen atoms in total. The van der Waals surface area contributed by atoms with Gasteiger partial charge in [0, 0.05) is 28.6 Å². The maximum Gasteiger partial charge on any atom is 2.00 e. The summed E-state index contributed by atoms with van der Waals surface area (Å²) in [5.74, 6) is 0.320. The maximum atomic E-state index is 12.2. The van der Waals surface area contributed by atoms with Gasteiger partial charge < -0.3 is 22.2 Å². The number of nitrogens with zero attached hydrogens (tertiary/aromatic N) is 4. The summed E-state index contributed by atoms with van der Waals surface area (Å²) < 4.78 is 6.63. The van der Waals surface area contributed by atoms with E-state index in [9.17, 15) is 9.90 Å². The number of rotatable bonds is 4. The fourth-order valence-electron chi connectivity index (χ4n) is 2.42. The predicted octanol–water partition coefficient (Wildman–Crippen LogP) is 1.50. The SMILES string of the molecule is CCCc1nnc([S-])n1/N=C/c1c([O-])ccc2c(C)cc(=O)oc12.[Co+2]. The molecule has 0 N–H and O–H groups in total. The number of hydrogen-bond donors (Lipinski definition) is 0. The zero-order chi connectivity index (χ0) is 17.3. The Balaban J connectivity index is 0.00000225. The summed E-state index contributed by atoms with van der Waals surface area (Å²) >= 11 is 5.10. The van der Waals surface area contributed by atoms with E-state index in [1.807, 2.05) is 6.92 Å². The van der Waals surface area contributed by atoms with Crippen LogP contribution >= 0.6 is 0 Å². The molecule has 9 heteroatoms. The molecular weight excluding hydrogens is 387 g/mol. The molecule has 2 aromatic heterocycles. The Bertz CT molecular complexity index is 997. The monoisotopic (exact) mass is 401 g/mol. The summed E-state index contributed by atoms with van der Waals surface area (Å²) in [5.41, 5.74) is 0.627. The predicted molar refractivity (Wildman–Crippen MR) is 89.3 cm³/mol. The molecular formula is C16H14CoN4O3S. The quantitative estimate of drug-likeness (QED) is 0.374. The van der Waals surface area contributed by atoms with E-state index >= 15 is 0 Å². The third kappa shape index (κ3) is 3.73. The van der Waals surface area contributed by atoms with Gasteiger partial charge in [-0.25, -0.2) is 9.47 Å². The first-order valence-corrected chi connectivity index (χ1v) is 7.82. The standard InChI is InChI=1S/C16H16N4O3S.Co/c1-3-4-13-18-19-16(24)20(13)17-8-11-12(21)6-5-10-9(2)7-14(22)23-15(10)11;/h5-8,21H,3-4H2,1-2H3,(H,19,24);/q;+2/p-2/b17-8+;.